The Morgan fingerprint density at radius 1 is 1.53 bits per heavy atom. The largest absolute Gasteiger partial charge is 0.468 e. The molecule has 0 aromatic carbocycles. The van der Waals surface area contributed by atoms with Gasteiger partial charge in [0.05, 0.1) is 7.11 Å². The Balaban J connectivity index is 2.82. The first-order chi connectivity index (χ1) is 7.11. The van der Waals surface area contributed by atoms with Gasteiger partial charge in [-0.15, -0.1) is 0 Å². The van der Waals surface area contributed by atoms with Crippen LogP contribution in [0.3, 0.4) is 0 Å². The maximum atomic E-state index is 11.6. The molecule has 15 heavy (non-hydrogen) atoms. The second-order valence-electron chi connectivity index (χ2n) is 4.01. The first kappa shape index (κ1) is 12.0. The first-order valence-electron chi connectivity index (χ1n) is 5.40. The van der Waals surface area contributed by atoms with E-state index in [-0.39, 0.29) is 5.78 Å². The third-order valence-corrected chi connectivity index (χ3v) is 2.89. The topological polar surface area (TPSA) is 43.4 Å². The Labute approximate surface area is 90.5 Å². The highest BCUT2D eigenvalue weighted by atomic mass is 16.5. The maximum absolute atomic E-state index is 11.6. The van der Waals surface area contributed by atoms with Gasteiger partial charge in [-0.3, -0.25) is 9.59 Å². The standard InChI is InChI=1S/C12H18O3/c1-4-5-6-9-8(2)7-10(13)11(9)12(14)15-3/h11H,4-7H2,1-3H3/t11-/m0/s1. The van der Waals surface area contributed by atoms with Crippen molar-refractivity contribution in [2.45, 2.75) is 39.5 Å². The SMILES string of the molecule is CCCCC1=C(C)CC(=O)[C@H]1C(=O)OC. The summed E-state index contributed by atoms with van der Waals surface area (Å²) < 4.78 is 4.67. The molecule has 0 aliphatic heterocycles. The summed E-state index contributed by atoms with van der Waals surface area (Å²) >= 11 is 0. The fourth-order valence-electron chi connectivity index (χ4n) is 2.03. The minimum atomic E-state index is -0.610. The van der Waals surface area contributed by atoms with E-state index in [0.717, 1.165) is 30.4 Å². The summed E-state index contributed by atoms with van der Waals surface area (Å²) in [6, 6.07) is 0. The van der Waals surface area contributed by atoms with Gasteiger partial charge in [0.1, 0.15) is 5.92 Å². The Morgan fingerprint density at radius 2 is 2.20 bits per heavy atom. The fourth-order valence-corrected chi connectivity index (χ4v) is 2.03. The molecular weight excluding hydrogens is 192 g/mol. The summed E-state index contributed by atoms with van der Waals surface area (Å²) in [4.78, 5) is 23.1. The highest BCUT2D eigenvalue weighted by Crippen LogP contribution is 2.33. The van der Waals surface area contributed by atoms with Crippen molar-refractivity contribution in [3.63, 3.8) is 0 Å². The number of hydrogen-bond donors (Lipinski definition) is 0. The molecule has 0 spiro atoms. The van der Waals surface area contributed by atoms with E-state index in [2.05, 4.69) is 11.7 Å². The number of carbonyl (C=O) groups excluding carboxylic acids is 2. The van der Waals surface area contributed by atoms with Crippen LogP contribution in [-0.2, 0) is 14.3 Å². The summed E-state index contributed by atoms with van der Waals surface area (Å²) in [5.74, 6) is -1.02. The molecule has 1 rings (SSSR count). The number of rotatable bonds is 4. The lowest BCUT2D eigenvalue weighted by atomic mass is 9.95. The van der Waals surface area contributed by atoms with Gasteiger partial charge in [0.25, 0.3) is 0 Å². The summed E-state index contributed by atoms with van der Waals surface area (Å²) in [6.07, 6.45) is 3.35. The monoisotopic (exact) mass is 210 g/mol. The zero-order valence-electron chi connectivity index (χ0n) is 9.63. The molecule has 0 aromatic heterocycles. The van der Waals surface area contributed by atoms with E-state index in [0.29, 0.717) is 6.42 Å². The van der Waals surface area contributed by atoms with Gasteiger partial charge >= 0.3 is 5.97 Å². The molecule has 0 saturated carbocycles. The zero-order valence-corrected chi connectivity index (χ0v) is 9.63. The summed E-state index contributed by atoms with van der Waals surface area (Å²) in [6.45, 7) is 4.03. The van der Waals surface area contributed by atoms with Crippen LogP contribution in [0, 0.1) is 5.92 Å². The number of ketones is 1. The highest BCUT2D eigenvalue weighted by molar-refractivity contribution is 6.05. The number of Topliss-reactive ketones (excluding diaryl/α,β-unsaturated/α-hetero) is 1. The van der Waals surface area contributed by atoms with Crippen molar-refractivity contribution in [3.8, 4) is 0 Å². The Kier molecular flexibility index (Phi) is 4.06. The van der Waals surface area contributed by atoms with Gasteiger partial charge in [-0.2, -0.15) is 0 Å². The summed E-state index contributed by atoms with van der Waals surface area (Å²) in [5, 5.41) is 0. The lowest BCUT2D eigenvalue weighted by Crippen LogP contribution is -2.23. The van der Waals surface area contributed by atoms with Crippen molar-refractivity contribution in [2.75, 3.05) is 7.11 Å². The van der Waals surface area contributed by atoms with Gasteiger partial charge < -0.3 is 4.74 Å². The number of methoxy groups -OCH3 is 1. The van der Waals surface area contributed by atoms with Gasteiger partial charge in [0.15, 0.2) is 5.78 Å². The average Bonchev–Trinajstić information content (AvgIpc) is 2.49. The predicted molar refractivity (Wildman–Crippen MR) is 57.4 cm³/mol. The molecule has 3 heteroatoms. The number of carbonyl (C=O) groups is 2. The molecule has 0 amide bonds. The minimum Gasteiger partial charge on any atom is -0.468 e. The first-order valence-corrected chi connectivity index (χ1v) is 5.40. The second-order valence-corrected chi connectivity index (χ2v) is 4.01. The van der Waals surface area contributed by atoms with Gasteiger partial charge in [0, 0.05) is 6.42 Å². The van der Waals surface area contributed by atoms with E-state index >= 15 is 0 Å². The van der Waals surface area contributed by atoms with Crippen molar-refractivity contribution in [2.24, 2.45) is 5.92 Å². The molecule has 0 bridgehead atoms. The highest BCUT2D eigenvalue weighted by Gasteiger charge is 2.36. The Morgan fingerprint density at radius 3 is 2.73 bits per heavy atom. The molecule has 0 saturated heterocycles. The molecule has 0 N–H and O–H groups in total. The van der Waals surface area contributed by atoms with E-state index in [1.807, 2.05) is 6.92 Å². The second kappa shape index (κ2) is 5.10. The van der Waals surface area contributed by atoms with Crippen molar-refractivity contribution in [1.29, 1.82) is 0 Å². The normalized spacial score (nSPS) is 21.0. The molecule has 1 atom stereocenters. The molecule has 0 fully saturated rings. The number of hydrogen-bond acceptors (Lipinski definition) is 3. The molecular formula is C12H18O3. The van der Waals surface area contributed by atoms with Crippen molar-refractivity contribution in [1.82, 2.24) is 0 Å². The third-order valence-electron chi connectivity index (χ3n) is 2.89. The quantitative estimate of drug-likeness (QED) is 0.406. The molecule has 3 nitrogen and oxygen atoms in total. The van der Waals surface area contributed by atoms with Crippen molar-refractivity contribution < 1.29 is 14.3 Å². The van der Waals surface area contributed by atoms with Gasteiger partial charge in [-0.1, -0.05) is 18.9 Å². The summed E-state index contributed by atoms with van der Waals surface area (Å²) in [5.41, 5.74) is 2.05. The number of ether oxygens (including phenoxy) is 1. The lowest BCUT2D eigenvalue weighted by Gasteiger charge is -2.11. The molecule has 1 aliphatic rings. The van der Waals surface area contributed by atoms with Crippen LogP contribution in [0.1, 0.15) is 39.5 Å². The van der Waals surface area contributed by atoms with Gasteiger partial charge in [0.2, 0.25) is 0 Å². The van der Waals surface area contributed by atoms with Crippen LogP contribution in [0.15, 0.2) is 11.1 Å². The summed E-state index contributed by atoms with van der Waals surface area (Å²) in [7, 11) is 1.33. The van der Waals surface area contributed by atoms with Crippen molar-refractivity contribution in [3.05, 3.63) is 11.1 Å². The van der Waals surface area contributed by atoms with Gasteiger partial charge in [-0.25, -0.2) is 0 Å². The third kappa shape index (κ3) is 2.46. The van der Waals surface area contributed by atoms with Crippen molar-refractivity contribution >= 4 is 11.8 Å². The maximum Gasteiger partial charge on any atom is 0.320 e. The number of esters is 1. The molecule has 0 aromatic rings. The van der Waals surface area contributed by atoms with Crippen LogP contribution < -0.4 is 0 Å². The molecule has 0 unspecified atom stereocenters. The average molecular weight is 210 g/mol. The Bertz CT molecular complexity index is 302. The minimum absolute atomic E-state index is 0.00884. The molecule has 1 aliphatic carbocycles. The molecule has 0 radical (unpaired) electrons. The van der Waals surface area contributed by atoms with Crippen LogP contribution >= 0.6 is 0 Å². The fraction of sp³-hybridized carbons (Fsp3) is 0.667. The lowest BCUT2D eigenvalue weighted by molar-refractivity contribution is -0.147. The number of allylic oxidation sites excluding steroid dienone is 1. The predicted octanol–water partition coefficient (Wildman–Crippen LogP) is 2.26. The van der Waals surface area contributed by atoms with Crippen LogP contribution in [0.25, 0.3) is 0 Å². The van der Waals surface area contributed by atoms with E-state index in [4.69, 9.17) is 0 Å². The van der Waals surface area contributed by atoms with Gasteiger partial charge in [-0.05, 0) is 25.3 Å². The van der Waals surface area contributed by atoms with E-state index in [1.54, 1.807) is 0 Å². The molecule has 0 heterocycles. The van der Waals surface area contributed by atoms with E-state index in [1.165, 1.54) is 7.11 Å². The van der Waals surface area contributed by atoms with Crippen LogP contribution in [0.2, 0.25) is 0 Å². The zero-order chi connectivity index (χ0) is 11.4. The smallest absolute Gasteiger partial charge is 0.320 e. The van der Waals surface area contributed by atoms with E-state index in [9.17, 15) is 9.59 Å². The van der Waals surface area contributed by atoms with Crippen LogP contribution in [0.5, 0.6) is 0 Å². The Hall–Kier alpha value is -1.12. The molecule has 84 valence electrons. The van der Waals surface area contributed by atoms with Crippen LogP contribution in [-0.4, -0.2) is 18.9 Å². The van der Waals surface area contributed by atoms with Crippen LogP contribution in [0.4, 0.5) is 0 Å². The number of unbranched alkanes of at least 4 members (excludes halogenated alkanes) is 1. The van der Waals surface area contributed by atoms with E-state index < -0.39 is 11.9 Å².